The molecule has 2 aromatic carbocycles. The molecular formula is C23H21FN2O3S. The number of methoxy groups -OCH3 is 1. The Labute approximate surface area is 178 Å². The van der Waals surface area contributed by atoms with Crippen molar-refractivity contribution >= 4 is 28.8 Å². The van der Waals surface area contributed by atoms with Gasteiger partial charge < -0.3 is 15.0 Å². The van der Waals surface area contributed by atoms with Gasteiger partial charge in [0, 0.05) is 29.8 Å². The van der Waals surface area contributed by atoms with Crippen molar-refractivity contribution in [3.8, 4) is 0 Å². The Morgan fingerprint density at radius 3 is 2.73 bits per heavy atom. The second kappa shape index (κ2) is 8.77. The molecule has 1 atom stereocenters. The van der Waals surface area contributed by atoms with Crippen molar-refractivity contribution in [2.45, 2.75) is 12.5 Å². The lowest BCUT2D eigenvalue weighted by Gasteiger charge is -2.36. The van der Waals surface area contributed by atoms with Crippen molar-refractivity contribution in [1.29, 1.82) is 0 Å². The van der Waals surface area contributed by atoms with Crippen LogP contribution in [0.5, 0.6) is 0 Å². The predicted molar refractivity (Wildman–Crippen MR) is 114 cm³/mol. The Balaban J connectivity index is 1.57. The zero-order valence-electron chi connectivity index (χ0n) is 16.4. The molecular weight excluding hydrogens is 403 g/mol. The van der Waals surface area contributed by atoms with Gasteiger partial charge in [-0.05, 0) is 59.3 Å². The van der Waals surface area contributed by atoms with Gasteiger partial charge in [0.05, 0.1) is 6.04 Å². The molecule has 0 radical (unpaired) electrons. The highest BCUT2D eigenvalue weighted by molar-refractivity contribution is 7.10. The second-order valence-corrected chi connectivity index (χ2v) is 8.06. The molecule has 0 saturated carbocycles. The largest absolute Gasteiger partial charge is 0.375 e. The molecule has 2 heterocycles. The van der Waals surface area contributed by atoms with E-state index >= 15 is 0 Å². The summed E-state index contributed by atoms with van der Waals surface area (Å²) in [5.74, 6) is -0.887. The Bertz CT molecular complexity index is 1060. The van der Waals surface area contributed by atoms with Gasteiger partial charge >= 0.3 is 0 Å². The Morgan fingerprint density at radius 1 is 1.20 bits per heavy atom. The molecule has 1 aromatic heterocycles. The fourth-order valence-electron chi connectivity index (χ4n) is 3.73. The zero-order chi connectivity index (χ0) is 21.1. The summed E-state index contributed by atoms with van der Waals surface area (Å²) in [6.07, 6.45) is 0.834. The number of carbonyl (C=O) groups is 2. The number of nitrogens with zero attached hydrogens (tertiary/aromatic N) is 1. The van der Waals surface area contributed by atoms with E-state index < -0.39 is 5.82 Å². The molecule has 0 saturated heterocycles. The fourth-order valence-corrected chi connectivity index (χ4v) is 4.64. The third-order valence-electron chi connectivity index (χ3n) is 5.13. The smallest absolute Gasteiger partial charge is 0.255 e. The van der Waals surface area contributed by atoms with Crippen LogP contribution in [-0.4, -0.2) is 37.0 Å². The van der Waals surface area contributed by atoms with Crippen molar-refractivity contribution in [2.75, 3.05) is 25.6 Å². The van der Waals surface area contributed by atoms with E-state index in [4.69, 9.17) is 4.74 Å². The quantitative estimate of drug-likeness (QED) is 0.666. The fraction of sp³-hybridized carbons (Fsp3) is 0.217. The van der Waals surface area contributed by atoms with Crippen LogP contribution in [0.2, 0.25) is 0 Å². The molecule has 30 heavy (non-hydrogen) atoms. The normalized spacial score (nSPS) is 15.5. The third kappa shape index (κ3) is 4.13. The van der Waals surface area contributed by atoms with Gasteiger partial charge in [0.15, 0.2) is 0 Å². The minimum atomic E-state index is -0.456. The van der Waals surface area contributed by atoms with Crippen molar-refractivity contribution < 1.29 is 18.7 Å². The number of hydrogen-bond donors (Lipinski definition) is 1. The number of fused-ring (bicyclic) bond motifs is 1. The van der Waals surface area contributed by atoms with Crippen molar-refractivity contribution in [2.24, 2.45) is 0 Å². The first kappa shape index (κ1) is 20.3. The number of amides is 2. The van der Waals surface area contributed by atoms with Crippen LogP contribution in [0.1, 0.15) is 32.4 Å². The molecule has 1 aliphatic rings. The van der Waals surface area contributed by atoms with Crippen LogP contribution < -0.4 is 5.32 Å². The summed E-state index contributed by atoms with van der Waals surface area (Å²) in [6.45, 7) is 0.677. The van der Waals surface area contributed by atoms with Crippen molar-refractivity contribution in [3.63, 3.8) is 0 Å². The van der Waals surface area contributed by atoms with E-state index in [-0.39, 0.29) is 30.0 Å². The summed E-state index contributed by atoms with van der Waals surface area (Å²) < 4.78 is 18.4. The Kier molecular flexibility index (Phi) is 5.92. The van der Waals surface area contributed by atoms with Crippen LogP contribution in [0.4, 0.5) is 10.1 Å². The molecule has 154 valence electrons. The maximum absolute atomic E-state index is 13.4. The summed E-state index contributed by atoms with van der Waals surface area (Å²) in [5.41, 5.74) is 2.95. The standard InChI is InChI=1S/C23H21FN2O3S/c1-29-14-21(27)26-11-9-20-19(10-12-30-20)22(26)15-5-7-18(8-6-15)25-23(28)16-3-2-4-17(24)13-16/h2-8,10,12-13,22H,9,11,14H2,1H3,(H,25,28). The molecule has 3 aromatic rings. The average Bonchev–Trinajstić information content (AvgIpc) is 3.23. The first-order chi connectivity index (χ1) is 14.6. The van der Waals surface area contributed by atoms with E-state index in [1.54, 1.807) is 29.5 Å². The zero-order valence-corrected chi connectivity index (χ0v) is 17.2. The topological polar surface area (TPSA) is 58.6 Å². The predicted octanol–water partition coefficient (Wildman–Crippen LogP) is 4.26. The van der Waals surface area contributed by atoms with E-state index in [1.165, 1.54) is 30.2 Å². The summed E-state index contributed by atoms with van der Waals surface area (Å²) in [5, 5.41) is 4.83. The molecule has 1 aliphatic heterocycles. The molecule has 0 spiro atoms. The van der Waals surface area contributed by atoms with Crippen LogP contribution >= 0.6 is 11.3 Å². The lowest BCUT2D eigenvalue weighted by molar-refractivity contribution is -0.137. The number of thiophene rings is 1. The lowest BCUT2D eigenvalue weighted by Crippen LogP contribution is -2.41. The number of carbonyl (C=O) groups excluding carboxylic acids is 2. The van der Waals surface area contributed by atoms with Gasteiger partial charge in [-0.3, -0.25) is 9.59 Å². The monoisotopic (exact) mass is 424 g/mol. The summed E-state index contributed by atoms with van der Waals surface area (Å²) in [4.78, 5) is 28.1. The number of halogens is 1. The first-order valence-corrected chi connectivity index (χ1v) is 10.5. The lowest BCUT2D eigenvalue weighted by atomic mass is 9.93. The molecule has 4 rings (SSSR count). The number of anilines is 1. The Hall–Kier alpha value is -3.03. The van der Waals surface area contributed by atoms with Gasteiger partial charge in [-0.2, -0.15) is 0 Å². The van der Waals surface area contributed by atoms with E-state index in [2.05, 4.69) is 16.8 Å². The number of nitrogens with one attached hydrogen (secondary N) is 1. The number of rotatable bonds is 5. The van der Waals surface area contributed by atoms with Gasteiger partial charge in [-0.1, -0.05) is 18.2 Å². The first-order valence-electron chi connectivity index (χ1n) is 9.58. The van der Waals surface area contributed by atoms with E-state index in [0.717, 1.165) is 17.5 Å². The molecule has 5 nitrogen and oxygen atoms in total. The molecule has 0 fully saturated rings. The molecule has 7 heteroatoms. The van der Waals surface area contributed by atoms with Crippen LogP contribution in [0.3, 0.4) is 0 Å². The van der Waals surface area contributed by atoms with Crippen molar-refractivity contribution in [3.05, 3.63) is 87.4 Å². The van der Waals surface area contributed by atoms with E-state index in [1.807, 2.05) is 17.0 Å². The highest BCUT2D eigenvalue weighted by Gasteiger charge is 2.32. The van der Waals surface area contributed by atoms with Gasteiger partial charge in [0.1, 0.15) is 12.4 Å². The van der Waals surface area contributed by atoms with Crippen molar-refractivity contribution in [1.82, 2.24) is 4.90 Å². The average molecular weight is 424 g/mol. The van der Waals surface area contributed by atoms with Crippen LogP contribution in [0.15, 0.2) is 60.0 Å². The van der Waals surface area contributed by atoms with Gasteiger partial charge in [-0.15, -0.1) is 11.3 Å². The van der Waals surface area contributed by atoms with E-state index in [9.17, 15) is 14.0 Å². The molecule has 1 unspecified atom stereocenters. The van der Waals surface area contributed by atoms with Crippen LogP contribution in [-0.2, 0) is 16.0 Å². The van der Waals surface area contributed by atoms with Gasteiger partial charge in [-0.25, -0.2) is 4.39 Å². The van der Waals surface area contributed by atoms with Crippen LogP contribution in [0, 0.1) is 5.82 Å². The van der Waals surface area contributed by atoms with Gasteiger partial charge in [0.25, 0.3) is 5.91 Å². The highest BCUT2D eigenvalue weighted by Crippen LogP contribution is 2.38. The molecule has 0 bridgehead atoms. The number of benzene rings is 2. The van der Waals surface area contributed by atoms with Gasteiger partial charge in [0.2, 0.25) is 5.91 Å². The maximum Gasteiger partial charge on any atom is 0.255 e. The SMILES string of the molecule is COCC(=O)N1CCc2sccc2C1c1ccc(NC(=O)c2cccc(F)c2)cc1. The van der Waals surface area contributed by atoms with Crippen LogP contribution in [0.25, 0.3) is 0 Å². The molecule has 2 amide bonds. The number of hydrogen-bond acceptors (Lipinski definition) is 4. The minimum absolute atomic E-state index is 0.0394. The number of ether oxygens (including phenoxy) is 1. The highest BCUT2D eigenvalue weighted by atomic mass is 32.1. The second-order valence-electron chi connectivity index (χ2n) is 7.06. The minimum Gasteiger partial charge on any atom is -0.375 e. The molecule has 0 aliphatic carbocycles. The Morgan fingerprint density at radius 2 is 2.00 bits per heavy atom. The summed E-state index contributed by atoms with van der Waals surface area (Å²) in [6, 6.07) is 14.9. The summed E-state index contributed by atoms with van der Waals surface area (Å²) >= 11 is 1.70. The maximum atomic E-state index is 13.4. The van der Waals surface area contributed by atoms with E-state index in [0.29, 0.717) is 12.2 Å². The third-order valence-corrected chi connectivity index (χ3v) is 6.12. The summed E-state index contributed by atoms with van der Waals surface area (Å²) in [7, 11) is 1.52. The molecule has 1 N–H and O–H groups in total.